The number of halogens is 3. The predicted molar refractivity (Wildman–Crippen MR) is 149 cm³/mol. The van der Waals surface area contributed by atoms with Crippen LogP contribution < -0.4 is 10.1 Å². The van der Waals surface area contributed by atoms with Crippen molar-refractivity contribution < 1.29 is 37.7 Å². The van der Waals surface area contributed by atoms with E-state index in [4.69, 9.17) is 9.84 Å². The minimum atomic E-state index is -4.81. The van der Waals surface area contributed by atoms with E-state index in [2.05, 4.69) is 23.6 Å². The fourth-order valence-corrected chi connectivity index (χ4v) is 4.57. The Morgan fingerprint density at radius 3 is 2.59 bits per heavy atom. The van der Waals surface area contributed by atoms with Crippen molar-refractivity contribution in [3.8, 4) is 11.8 Å². The highest BCUT2D eigenvalue weighted by Crippen LogP contribution is 2.40. The molecule has 1 aromatic rings. The van der Waals surface area contributed by atoms with E-state index < -0.39 is 24.7 Å². The van der Waals surface area contributed by atoms with E-state index in [9.17, 15) is 28.3 Å². The molecule has 0 spiro atoms. The summed E-state index contributed by atoms with van der Waals surface area (Å²) in [5.74, 6) is -1.42. The average Bonchev–Trinajstić information content (AvgIpc) is 2.93. The largest absolute Gasteiger partial charge is 0.573 e. The summed E-state index contributed by atoms with van der Waals surface area (Å²) in [4.78, 5) is 10.8. The summed E-state index contributed by atoms with van der Waals surface area (Å²) in [6.45, 7) is 5.80. The first-order valence-corrected chi connectivity index (χ1v) is 13.5. The number of aliphatic carboxylic acids is 1. The van der Waals surface area contributed by atoms with Gasteiger partial charge in [0.05, 0.1) is 24.3 Å². The Hall–Kier alpha value is -3.81. The molecular weight excluding hydrogens is 537 g/mol. The van der Waals surface area contributed by atoms with Crippen LogP contribution in [0.4, 0.5) is 13.2 Å². The lowest BCUT2D eigenvalue weighted by atomic mass is 9.77. The summed E-state index contributed by atoms with van der Waals surface area (Å²) in [6, 6.07) is 7.62. The third-order valence-electron chi connectivity index (χ3n) is 6.58. The molecule has 222 valence electrons. The smallest absolute Gasteiger partial charge is 0.493 e. The number of allylic oxidation sites excluding steroid dienone is 6. The van der Waals surface area contributed by atoms with Gasteiger partial charge in [0.15, 0.2) is 0 Å². The molecule has 0 aromatic heterocycles. The molecule has 0 aliphatic heterocycles. The number of carboxylic acid groups (broad SMARTS) is 1. The van der Waals surface area contributed by atoms with Crippen molar-refractivity contribution in [1.82, 2.24) is 5.32 Å². The first-order chi connectivity index (χ1) is 19.6. The van der Waals surface area contributed by atoms with Crippen LogP contribution in [-0.4, -0.2) is 35.3 Å². The Bertz CT molecular complexity index is 1150. The molecule has 7 nitrogen and oxygen atoms in total. The number of alkyl halides is 3. The van der Waals surface area contributed by atoms with Gasteiger partial charge in [-0.2, -0.15) is 5.26 Å². The third-order valence-corrected chi connectivity index (χ3v) is 6.58. The molecule has 41 heavy (non-hydrogen) atoms. The number of nitrogens with one attached hydrogen (secondary N) is 1. The van der Waals surface area contributed by atoms with Gasteiger partial charge in [0.1, 0.15) is 18.1 Å². The predicted octanol–water partition coefficient (Wildman–Crippen LogP) is 6.87. The Balaban J connectivity index is 2.35. The third kappa shape index (κ3) is 12.1. The molecule has 4 unspecified atom stereocenters. The van der Waals surface area contributed by atoms with E-state index in [1.165, 1.54) is 36.6 Å². The van der Waals surface area contributed by atoms with Crippen molar-refractivity contribution in [3.63, 3.8) is 0 Å². The Morgan fingerprint density at radius 1 is 1.29 bits per heavy atom. The number of carboxylic acids is 1. The lowest BCUT2D eigenvalue weighted by Gasteiger charge is -2.33. The van der Waals surface area contributed by atoms with Gasteiger partial charge >= 0.3 is 12.3 Å². The number of rotatable bonds is 17. The topological polar surface area (TPSA) is 112 Å². The minimum absolute atomic E-state index is 0.0227. The number of nitrogens with zero attached hydrogens (tertiary/aromatic N) is 1. The second-order valence-corrected chi connectivity index (χ2v) is 9.57. The molecule has 1 aliphatic rings. The van der Waals surface area contributed by atoms with E-state index in [0.717, 1.165) is 25.7 Å². The number of hydrogen-bond acceptors (Lipinski definition) is 6. The highest BCUT2D eigenvalue weighted by atomic mass is 19.4. The maximum Gasteiger partial charge on any atom is 0.573 e. The quantitative estimate of drug-likeness (QED) is 0.0612. The summed E-state index contributed by atoms with van der Waals surface area (Å²) in [5.41, 5.74) is 1.60. The Kier molecular flexibility index (Phi) is 13.9. The second-order valence-electron chi connectivity index (χ2n) is 9.57. The molecule has 0 fully saturated rings. The summed E-state index contributed by atoms with van der Waals surface area (Å²) < 4.78 is 48.4. The minimum Gasteiger partial charge on any atom is -0.493 e. The van der Waals surface area contributed by atoms with Gasteiger partial charge in [-0.1, -0.05) is 69.2 Å². The van der Waals surface area contributed by atoms with E-state index in [0.29, 0.717) is 23.1 Å². The number of unbranched alkanes of at least 4 members (excludes halogenated alkanes) is 2. The van der Waals surface area contributed by atoms with Crippen LogP contribution in [0.2, 0.25) is 0 Å². The number of aliphatic hydroxyl groups is 1. The van der Waals surface area contributed by atoms with Crippen molar-refractivity contribution in [2.75, 3.05) is 6.54 Å². The van der Waals surface area contributed by atoms with Crippen molar-refractivity contribution in [2.24, 2.45) is 11.8 Å². The molecule has 0 saturated heterocycles. The van der Waals surface area contributed by atoms with E-state index in [-0.39, 0.29) is 30.6 Å². The molecule has 2 rings (SSSR count). The number of benzene rings is 1. The zero-order valence-electron chi connectivity index (χ0n) is 23.0. The van der Waals surface area contributed by atoms with Crippen LogP contribution in [0, 0.1) is 23.2 Å². The molecule has 1 aromatic carbocycles. The van der Waals surface area contributed by atoms with Gasteiger partial charge in [-0.05, 0) is 54.2 Å². The first-order valence-electron chi connectivity index (χ1n) is 13.5. The molecule has 0 amide bonds. The summed E-state index contributed by atoms with van der Waals surface area (Å²) in [6.07, 6.45) is 9.33. The highest BCUT2D eigenvalue weighted by Gasteiger charge is 2.33. The number of nitriles is 1. The Morgan fingerprint density at radius 2 is 2.02 bits per heavy atom. The number of carbonyl (C=O) groups is 1. The molecule has 1 aliphatic carbocycles. The molecule has 0 radical (unpaired) electrons. The van der Waals surface area contributed by atoms with E-state index in [1.807, 2.05) is 18.2 Å². The van der Waals surface area contributed by atoms with Crippen LogP contribution in [0.15, 0.2) is 84.7 Å². The maximum atomic E-state index is 12.7. The lowest BCUT2D eigenvalue weighted by Crippen LogP contribution is -2.33. The second kappa shape index (κ2) is 17.1. The van der Waals surface area contributed by atoms with Crippen LogP contribution in [0.3, 0.4) is 0 Å². The number of ether oxygens (including phenoxy) is 2. The van der Waals surface area contributed by atoms with Crippen LogP contribution in [-0.2, 0) is 9.53 Å². The van der Waals surface area contributed by atoms with Gasteiger partial charge in [0.25, 0.3) is 0 Å². The van der Waals surface area contributed by atoms with E-state index in [1.54, 1.807) is 18.2 Å². The van der Waals surface area contributed by atoms with Crippen molar-refractivity contribution >= 4 is 5.97 Å². The number of aliphatic hydroxyl groups excluding tert-OH is 1. The van der Waals surface area contributed by atoms with Crippen molar-refractivity contribution in [2.45, 2.75) is 64.1 Å². The fraction of sp³-hybridized carbons (Fsp3) is 0.419. The molecular formula is C31H37F3N2O5. The Labute approximate surface area is 239 Å². The van der Waals surface area contributed by atoms with Gasteiger partial charge in [-0.3, -0.25) is 10.1 Å². The molecule has 0 saturated carbocycles. The van der Waals surface area contributed by atoms with Crippen LogP contribution >= 0.6 is 0 Å². The van der Waals surface area contributed by atoms with Crippen molar-refractivity contribution in [3.05, 3.63) is 90.3 Å². The normalized spacial score (nSPS) is 17.8. The van der Waals surface area contributed by atoms with Crippen LogP contribution in [0.5, 0.6) is 5.75 Å². The van der Waals surface area contributed by atoms with Crippen molar-refractivity contribution in [1.29, 1.82) is 5.26 Å². The SMILES string of the molecule is C=C/C=C(C#N)\C=C\OC(c1ccc(OC(F)(F)F)cc1)C(CCCCC)C1C=CC(C(O)NCCC(=O)O)=CC1. The van der Waals surface area contributed by atoms with Gasteiger partial charge in [0, 0.05) is 12.5 Å². The average molecular weight is 575 g/mol. The number of hydrogen-bond donors (Lipinski definition) is 3. The monoisotopic (exact) mass is 574 g/mol. The maximum absolute atomic E-state index is 12.7. The van der Waals surface area contributed by atoms with Gasteiger partial charge in [-0.15, -0.1) is 13.2 Å². The van der Waals surface area contributed by atoms with Crippen LogP contribution in [0.1, 0.15) is 57.1 Å². The zero-order chi connectivity index (χ0) is 30.3. The molecule has 3 N–H and O–H groups in total. The highest BCUT2D eigenvalue weighted by molar-refractivity contribution is 5.66. The molecule has 0 heterocycles. The van der Waals surface area contributed by atoms with E-state index >= 15 is 0 Å². The molecule has 10 heteroatoms. The summed E-state index contributed by atoms with van der Waals surface area (Å²) >= 11 is 0. The van der Waals surface area contributed by atoms with Gasteiger partial charge in [-0.25, -0.2) is 0 Å². The first kappa shape index (κ1) is 33.4. The zero-order valence-corrected chi connectivity index (χ0v) is 23.0. The van der Waals surface area contributed by atoms with Gasteiger partial charge in [0.2, 0.25) is 0 Å². The summed E-state index contributed by atoms with van der Waals surface area (Å²) in [5, 5.41) is 31.3. The van der Waals surface area contributed by atoms with Crippen LogP contribution in [0.25, 0.3) is 0 Å². The standard InChI is InChI=1S/C31H37F3N2O5/c1-3-5-6-8-27(23-9-11-25(12-10-23)30(39)36-19-17-28(37)38)29(40-20-18-22(21-35)7-4-2)24-13-15-26(16-14-24)41-31(32,33)34/h4,7,9,11-16,18,20,23,27,29-30,36,39H,2-3,5-6,8,10,17,19H2,1H3,(H,37,38)/b20-18+,22-7+. The molecule has 4 atom stereocenters. The molecule has 0 bridgehead atoms. The lowest BCUT2D eigenvalue weighted by molar-refractivity contribution is -0.274. The summed E-state index contributed by atoms with van der Waals surface area (Å²) in [7, 11) is 0. The fourth-order valence-electron chi connectivity index (χ4n) is 4.57. The van der Waals surface area contributed by atoms with Gasteiger partial charge < -0.3 is 19.7 Å².